The Kier molecular flexibility index (Phi) is 1.67. The van der Waals surface area contributed by atoms with Crippen molar-refractivity contribution in [2.45, 2.75) is 44.7 Å². The molecule has 0 aromatic carbocycles. The van der Waals surface area contributed by atoms with Crippen molar-refractivity contribution in [2.75, 3.05) is 6.54 Å². The molecule has 1 nitrogen and oxygen atoms in total. The third-order valence-corrected chi connectivity index (χ3v) is 4.67. The number of fused-ring (bicyclic) bond motifs is 5. The average Bonchev–Trinajstić information content (AvgIpc) is 2.74. The fourth-order valence-corrected chi connectivity index (χ4v) is 4.10. The summed E-state index contributed by atoms with van der Waals surface area (Å²) in [6.07, 6.45) is 1.37. The smallest absolute Gasteiger partial charge is 0.0456 e. The number of nitrogens with zero attached hydrogens (tertiary/aromatic N) is 1. The van der Waals surface area contributed by atoms with Gasteiger partial charge in [0.15, 0.2) is 0 Å². The van der Waals surface area contributed by atoms with Crippen LogP contribution < -0.4 is 0 Å². The second-order valence-corrected chi connectivity index (χ2v) is 6.46. The van der Waals surface area contributed by atoms with Gasteiger partial charge in [0.1, 0.15) is 0 Å². The highest BCUT2D eigenvalue weighted by Crippen LogP contribution is 2.54. The van der Waals surface area contributed by atoms with Crippen molar-refractivity contribution >= 4 is 11.3 Å². The lowest BCUT2D eigenvalue weighted by molar-refractivity contribution is 0.117. The minimum Gasteiger partial charge on any atom is -0.290 e. The Bertz CT molecular complexity index is 361. The Balaban J connectivity index is 2.00. The number of likely N-dealkylation sites (tertiary alicyclic amines) is 1. The van der Waals surface area contributed by atoms with E-state index in [1.54, 1.807) is 10.4 Å². The summed E-state index contributed by atoms with van der Waals surface area (Å²) in [6.45, 7) is 8.28. The van der Waals surface area contributed by atoms with Crippen LogP contribution in [0.4, 0.5) is 0 Å². The molecule has 2 bridgehead atoms. The predicted octanol–water partition coefficient (Wildman–Crippen LogP) is 3.39. The SMILES string of the molecule is CC(C)(C)N1CC2CC1c1sccc12. The van der Waals surface area contributed by atoms with Crippen LogP contribution in [0.1, 0.15) is 49.6 Å². The van der Waals surface area contributed by atoms with Gasteiger partial charge in [-0.1, -0.05) is 0 Å². The van der Waals surface area contributed by atoms with E-state index in [9.17, 15) is 0 Å². The quantitative estimate of drug-likeness (QED) is 0.630. The third kappa shape index (κ3) is 1.04. The zero-order valence-corrected chi connectivity index (χ0v) is 9.90. The molecular formula is C12H17NS. The molecule has 1 aliphatic heterocycles. The molecule has 1 fully saturated rings. The van der Waals surface area contributed by atoms with E-state index in [0.29, 0.717) is 5.54 Å². The second-order valence-electron chi connectivity index (χ2n) is 5.51. The molecule has 0 saturated carbocycles. The van der Waals surface area contributed by atoms with Gasteiger partial charge in [0.25, 0.3) is 0 Å². The molecule has 1 aromatic heterocycles. The lowest BCUT2D eigenvalue weighted by atomic mass is 10.0. The molecule has 2 aliphatic rings. The molecular weight excluding hydrogens is 190 g/mol. The van der Waals surface area contributed by atoms with Crippen LogP contribution in [-0.2, 0) is 0 Å². The van der Waals surface area contributed by atoms with Gasteiger partial charge in [-0.15, -0.1) is 11.3 Å². The van der Waals surface area contributed by atoms with Crippen molar-refractivity contribution in [3.63, 3.8) is 0 Å². The van der Waals surface area contributed by atoms with E-state index < -0.39 is 0 Å². The van der Waals surface area contributed by atoms with Crippen LogP contribution in [0.2, 0.25) is 0 Å². The van der Waals surface area contributed by atoms with Gasteiger partial charge in [-0.2, -0.15) is 0 Å². The van der Waals surface area contributed by atoms with Crippen molar-refractivity contribution in [3.8, 4) is 0 Å². The summed E-state index contributed by atoms with van der Waals surface area (Å²) in [4.78, 5) is 4.33. The molecule has 1 aliphatic carbocycles. The van der Waals surface area contributed by atoms with Crippen molar-refractivity contribution in [3.05, 3.63) is 21.9 Å². The van der Waals surface area contributed by atoms with Crippen molar-refractivity contribution in [1.82, 2.24) is 4.90 Å². The van der Waals surface area contributed by atoms with Crippen LogP contribution in [0.15, 0.2) is 11.4 Å². The zero-order chi connectivity index (χ0) is 9.92. The van der Waals surface area contributed by atoms with E-state index in [-0.39, 0.29) is 0 Å². The second kappa shape index (κ2) is 2.61. The van der Waals surface area contributed by atoms with Crippen LogP contribution in [0.5, 0.6) is 0 Å². The van der Waals surface area contributed by atoms with E-state index >= 15 is 0 Å². The number of rotatable bonds is 0. The van der Waals surface area contributed by atoms with Gasteiger partial charge in [-0.05, 0) is 50.1 Å². The summed E-state index contributed by atoms with van der Waals surface area (Å²) >= 11 is 1.95. The molecule has 0 N–H and O–H groups in total. The first kappa shape index (κ1) is 8.93. The number of hydrogen-bond donors (Lipinski definition) is 0. The van der Waals surface area contributed by atoms with Crippen LogP contribution >= 0.6 is 11.3 Å². The maximum Gasteiger partial charge on any atom is 0.0456 e. The molecule has 2 atom stereocenters. The summed E-state index contributed by atoms with van der Waals surface area (Å²) in [5.41, 5.74) is 1.99. The lowest BCUT2D eigenvalue weighted by Gasteiger charge is -2.38. The first-order valence-electron chi connectivity index (χ1n) is 5.41. The van der Waals surface area contributed by atoms with Crippen molar-refractivity contribution < 1.29 is 0 Å². The molecule has 0 amide bonds. The number of thiophene rings is 1. The summed E-state index contributed by atoms with van der Waals surface area (Å²) in [6, 6.07) is 3.07. The molecule has 2 heteroatoms. The summed E-state index contributed by atoms with van der Waals surface area (Å²) < 4.78 is 0. The van der Waals surface area contributed by atoms with E-state index in [4.69, 9.17) is 0 Å². The molecule has 1 saturated heterocycles. The van der Waals surface area contributed by atoms with Crippen LogP contribution in [0.25, 0.3) is 0 Å². The molecule has 3 rings (SSSR count). The summed E-state index contributed by atoms with van der Waals surface area (Å²) in [5.74, 6) is 0.834. The van der Waals surface area contributed by atoms with Gasteiger partial charge >= 0.3 is 0 Å². The van der Waals surface area contributed by atoms with Crippen LogP contribution in [0.3, 0.4) is 0 Å². The lowest BCUT2D eigenvalue weighted by Crippen LogP contribution is -2.42. The van der Waals surface area contributed by atoms with Crippen LogP contribution in [0, 0.1) is 0 Å². The summed E-state index contributed by atoms with van der Waals surface area (Å²) in [7, 11) is 0. The minimum atomic E-state index is 0.334. The van der Waals surface area contributed by atoms with E-state index in [1.807, 2.05) is 11.3 Å². The van der Waals surface area contributed by atoms with Gasteiger partial charge in [-0.3, -0.25) is 4.90 Å². The molecule has 2 heterocycles. The Morgan fingerprint density at radius 3 is 2.93 bits per heavy atom. The van der Waals surface area contributed by atoms with Gasteiger partial charge < -0.3 is 0 Å². The Morgan fingerprint density at radius 1 is 1.43 bits per heavy atom. The van der Waals surface area contributed by atoms with E-state index in [1.165, 1.54) is 13.0 Å². The van der Waals surface area contributed by atoms with Crippen molar-refractivity contribution in [1.29, 1.82) is 0 Å². The standard InChI is InChI=1S/C12H17NS/c1-12(2,3)13-7-8-6-10(13)11-9(8)4-5-14-11/h4-5,8,10H,6-7H2,1-3H3. The number of hydrogen-bond acceptors (Lipinski definition) is 2. The molecule has 76 valence electrons. The van der Waals surface area contributed by atoms with Crippen LogP contribution in [-0.4, -0.2) is 17.0 Å². The normalized spacial score (nSPS) is 31.1. The Morgan fingerprint density at radius 2 is 2.21 bits per heavy atom. The molecule has 1 aromatic rings. The fourth-order valence-electron chi connectivity index (χ4n) is 2.99. The monoisotopic (exact) mass is 207 g/mol. The molecule has 0 radical (unpaired) electrons. The first-order chi connectivity index (χ1) is 6.57. The van der Waals surface area contributed by atoms with Gasteiger partial charge in [0.2, 0.25) is 0 Å². The van der Waals surface area contributed by atoms with E-state index in [2.05, 4.69) is 37.1 Å². The maximum atomic E-state index is 2.68. The highest BCUT2D eigenvalue weighted by Gasteiger charge is 2.46. The topological polar surface area (TPSA) is 3.24 Å². The average molecular weight is 207 g/mol. The highest BCUT2D eigenvalue weighted by molar-refractivity contribution is 7.10. The van der Waals surface area contributed by atoms with Gasteiger partial charge in [0.05, 0.1) is 0 Å². The van der Waals surface area contributed by atoms with Crippen molar-refractivity contribution in [2.24, 2.45) is 0 Å². The fraction of sp³-hybridized carbons (Fsp3) is 0.667. The molecule has 14 heavy (non-hydrogen) atoms. The van der Waals surface area contributed by atoms with Gasteiger partial charge in [0, 0.05) is 23.0 Å². The Labute approximate surface area is 89.7 Å². The summed E-state index contributed by atoms with van der Waals surface area (Å²) in [5, 5.41) is 2.26. The highest BCUT2D eigenvalue weighted by atomic mass is 32.1. The largest absolute Gasteiger partial charge is 0.290 e. The first-order valence-corrected chi connectivity index (χ1v) is 6.29. The maximum absolute atomic E-state index is 2.68. The third-order valence-electron chi connectivity index (χ3n) is 3.63. The predicted molar refractivity (Wildman–Crippen MR) is 60.9 cm³/mol. The minimum absolute atomic E-state index is 0.334. The van der Waals surface area contributed by atoms with E-state index in [0.717, 1.165) is 12.0 Å². The zero-order valence-electron chi connectivity index (χ0n) is 9.08. The molecule has 0 spiro atoms. The van der Waals surface area contributed by atoms with Gasteiger partial charge in [-0.25, -0.2) is 0 Å². The Hall–Kier alpha value is -0.340. The molecule has 2 unspecified atom stereocenters.